The molecule has 0 saturated carbocycles. The van der Waals surface area contributed by atoms with Crippen LogP contribution in [0.3, 0.4) is 0 Å². The van der Waals surface area contributed by atoms with Crippen LogP contribution in [0.4, 0.5) is 0 Å². The molecule has 1 heterocycles. The van der Waals surface area contributed by atoms with E-state index < -0.39 is 0 Å². The van der Waals surface area contributed by atoms with Crippen LogP contribution in [0.2, 0.25) is 0 Å². The van der Waals surface area contributed by atoms with Gasteiger partial charge in [0.15, 0.2) is 0 Å². The second kappa shape index (κ2) is 7.40. The number of hydrogen-bond acceptors (Lipinski definition) is 2. The van der Waals surface area contributed by atoms with Gasteiger partial charge in [-0.15, -0.1) is 0 Å². The van der Waals surface area contributed by atoms with Crippen molar-refractivity contribution in [2.45, 2.75) is 32.9 Å². The van der Waals surface area contributed by atoms with E-state index >= 15 is 0 Å². The molecule has 2 aromatic rings. The van der Waals surface area contributed by atoms with E-state index in [1.165, 1.54) is 16.2 Å². The van der Waals surface area contributed by atoms with E-state index in [2.05, 4.69) is 21.2 Å². The molecule has 0 saturated heterocycles. The second-order valence-electron chi connectivity index (χ2n) is 5.25. The maximum atomic E-state index is 12.2. The number of hydrogen-bond donors (Lipinski definition) is 1. The van der Waals surface area contributed by atoms with E-state index in [1.807, 2.05) is 38.1 Å². The highest BCUT2D eigenvalue weighted by Gasteiger charge is 2.13. The SMILES string of the molecule is CCC(NC(=O)Cn1cc(Br)ccc1=O)c1ccc(C)cc1. The van der Waals surface area contributed by atoms with Gasteiger partial charge in [0.1, 0.15) is 6.54 Å². The number of amides is 1. The summed E-state index contributed by atoms with van der Waals surface area (Å²) in [7, 11) is 0. The van der Waals surface area contributed by atoms with Crippen LogP contribution in [0.25, 0.3) is 0 Å². The third-order valence-electron chi connectivity index (χ3n) is 3.48. The average molecular weight is 363 g/mol. The van der Waals surface area contributed by atoms with Gasteiger partial charge in [-0.2, -0.15) is 0 Å². The van der Waals surface area contributed by atoms with Crippen LogP contribution in [0, 0.1) is 6.92 Å². The molecular weight excluding hydrogens is 344 g/mol. The van der Waals surface area contributed by atoms with Crippen LogP contribution >= 0.6 is 15.9 Å². The summed E-state index contributed by atoms with van der Waals surface area (Å²) in [5.41, 5.74) is 2.07. The van der Waals surface area contributed by atoms with E-state index in [0.29, 0.717) is 0 Å². The molecule has 1 amide bonds. The third-order valence-corrected chi connectivity index (χ3v) is 3.95. The van der Waals surface area contributed by atoms with Crippen molar-refractivity contribution in [3.8, 4) is 0 Å². The summed E-state index contributed by atoms with van der Waals surface area (Å²) in [5.74, 6) is -0.173. The fraction of sp³-hybridized carbons (Fsp3) is 0.294. The first kappa shape index (κ1) is 16.5. The third kappa shape index (κ3) is 4.31. The summed E-state index contributed by atoms with van der Waals surface area (Å²) in [6.07, 6.45) is 2.41. The number of aromatic nitrogens is 1. The normalized spacial score (nSPS) is 12.0. The summed E-state index contributed by atoms with van der Waals surface area (Å²) in [4.78, 5) is 23.9. The van der Waals surface area contributed by atoms with E-state index in [-0.39, 0.29) is 24.1 Å². The molecule has 0 fully saturated rings. The Bertz CT molecular complexity index is 707. The molecule has 4 nitrogen and oxygen atoms in total. The largest absolute Gasteiger partial charge is 0.348 e. The van der Waals surface area contributed by atoms with Crippen LogP contribution in [0.5, 0.6) is 0 Å². The number of aryl methyl sites for hydroxylation is 1. The smallest absolute Gasteiger partial charge is 0.251 e. The summed E-state index contributed by atoms with van der Waals surface area (Å²) < 4.78 is 2.16. The predicted molar refractivity (Wildman–Crippen MR) is 90.8 cm³/mol. The van der Waals surface area contributed by atoms with Gasteiger partial charge in [0.05, 0.1) is 6.04 Å². The first-order chi connectivity index (χ1) is 10.5. The number of carbonyl (C=O) groups excluding carboxylic acids is 1. The number of halogens is 1. The van der Waals surface area contributed by atoms with Gasteiger partial charge in [0, 0.05) is 16.7 Å². The van der Waals surface area contributed by atoms with Crippen LogP contribution in [0.1, 0.15) is 30.5 Å². The molecule has 2 rings (SSSR count). The minimum absolute atomic E-state index is 0.0145. The molecule has 22 heavy (non-hydrogen) atoms. The number of benzene rings is 1. The zero-order valence-electron chi connectivity index (χ0n) is 12.7. The first-order valence-corrected chi connectivity index (χ1v) is 8.01. The summed E-state index contributed by atoms with van der Waals surface area (Å²) in [6.45, 7) is 4.07. The first-order valence-electron chi connectivity index (χ1n) is 7.21. The molecule has 0 aliphatic rings. The number of carbonyl (C=O) groups is 1. The molecular formula is C17H19BrN2O2. The summed E-state index contributed by atoms with van der Waals surface area (Å²) in [6, 6.07) is 11.2. The maximum absolute atomic E-state index is 12.2. The highest BCUT2D eigenvalue weighted by Crippen LogP contribution is 2.17. The predicted octanol–water partition coefficient (Wildman–Crippen LogP) is 3.19. The van der Waals surface area contributed by atoms with Crippen molar-refractivity contribution in [3.63, 3.8) is 0 Å². The Labute approximate surface area is 138 Å². The fourth-order valence-corrected chi connectivity index (χ4v) is 2.62. The molecule has 0 aliphatic heterocycles. The van der Waals surface area contributed by atoms with Gasteiger partial charge >= 0.3 is 0 Å². The standard InChI is InChI=1S/C17H19BrN2O2/c1-3-15(13-6-4-12(2)5-7-13)19-16(21)11-20-10-14(18)8-9-17(20)22/h4-10,15H,3,11H2,1-2H3,(H,19,21). The number of nitrogens with zero attached hydrogens (tertiary/aromatic N) is 1. The molecule has 1 aromatic carbocycles. The monoisotopic (exact) mass is 362 g/mol. The molecule has 0 radical (unpaired) electrons. The molecule has 5 heteroatoms. The van der Waals surface area contributed by atoms with Crippen molar-refractivity contribution < 1.29 is 4.79 Å². The lowest BCUT2D eigenvalue weighted by Crippen LogP contribution is -2.34. The summed E-state index contributed by atoms with van der Waals surface area (Å²) >= 11 is 3.30. The van der Waals surface area contributed by atoms with Crippen molar-refractivity contribution in [1.29, 1.82) is 0 Å². The summed E-state index contributed by atoms with van der Waals surface area (Å²) in [5, 5.41) is 2.98. The van der Waals surface area contributed by atoms with Crippen molar-refractivity contribution in [2.75, 3.05) is 0 Å². The molecule has 1 atom stereocenters. The van der Waals surface area contributed by atoms with Gasteiger partial charge in [-0.25, -0.2) is 0 Å². The molecule has 1 N–H and O–H groups in total. The lowest BCUT2D eigenvalue weighted by atomic mass is 10.0. The molecule has 0 aliphatic carbocycles. The lowest BCUT2D eigenvalue weighted by molar-refractivity contribution is -0.122. The zero-order chi connectivity index (χ0) is 16.1. The van der Waals surface area contributed by atoms with E-state index in [1.54, 1.807) is 12.3 Å². The van der Waals surface area contributed by atoms with E-state index in [4.69, 9.17) is 0 Å². The van der Waals surface area contributed by atoms with Gasteiger partial charge in [0.2, 0.25) is 5.91 Å². The van der Waals surface area contributed by atoms with Crippen molar-refractivity contribution in [3.05, 3.63) is 68.5 Å². The lowest BCUT2D eigenvalue weighted by Gasteiger charge is -2.18. The van der Waals surface area contributed by atoms with Crippen molar-refractivity contribution in [2.24, 2.45) is 0 Å². The maximum Gasteiger partial charge on any atom is 0.251 e. The van der Waals surface area contributed by atoms with Crippen LogP contribution in [-0.2, 0) is 11.3 Å². The minimum Gasteiger partial charge on any atom is -0.348 e. The number of rotatable bonds is 5. The van der Waals surface area contributed by atoms with Gasteiger partial charge in [-0.1, -0.05) is 36.8 Å². The van der Waals surface area contributed by atoms with E-state index in [9.17, 15) is 9.59 Å². The Morgan fingerprint density at radius 3 is 2.55 bits per heavy atom. The molecule has 0 spiro atoms. The molecule has 1 unspecified atom stereocenters. The second-order valence-corrected chi connectivity index (χ2v) is 6.17. The fourth-order valence-electron chi connectivity index (χ4n) is 2.24. The Hall–Kier alpha value is -1.88. The highest BCUT2D eigenvalue weighted by molar-refractivity contribution is 9.10. The Kier molecular flexibility index (Phi) is 5.55. The van der Waals surface area contributed by atoms with Crippen LogP contribution in [-0.4, -0.2) is 10.5 Å². The van der Waals surface area contributed by atoms with Crippen molar-refractivity contribution >= 4 is 21.8 Å². The Morgan fingerprint density at radius 2 is 1.91 bits per heavy atom. The minimum atomic E-state index is -0.193. The van der Waals surface area contributed by atoms with Gasteiger partial charge < -0.3 is 9.88 Å². The molecule has 0 bridgehead atoms. The van der Waals surface area contributed by atoms with Gasteiger partial charge in [-0.3, -0.25) is 9.59 Å². The van der Waals surface area contributed by atoms with Crippen molar-refractivity contribution in [1.82, 2.24) is 9.88 Å². The Balaban J connectivity index is 2.08. The number of pyridine rings is 1. The molecule has 1 aromatic heterocycles. The number of nitrogens with one attached hydrogen (secondary N) is 1. The van der Waals surface area contributed by atoms with Gasteiger partial charge in [0.25, 0.3) is 5.56 Å². The zero-order valence-corrected chi connectivity index (χ0v) is 14.3. The Morgan fingerprint density at radius 1 is 1.23 bits per heavy atom. The van der Waals surface area contributed by atoms with E-state index in [0.717, 1.165) is 16.5 Å². The quantitative estimate of drug-likeness (QED) is 0.887. The van der Waals surface area contributed by atoms with Crippen LogP contribution in [0.15, 0.2) is 51.9 Å². The highest BCUT2D eigenvalue weighted by atomic mass is 79.9. The topological polar surface area (TPSA) is 51.1 Å². The molecule has 116 valence electrons. The average Bonchev–Trinajstić information content (AvgIpc) is 2.49. The van der Waals surface area contributed by atoms with Gasteiger partial charge in [-0.05, 0) is 40.9 Å². The van der Waals surface area contributed by atoms with Crippen LogP contribution < -0.4 is 10.9 Å².